The van der Waals surface area contributed by atoms with Gasteiger partial charge in [-0.2, -0.15) is 0 Å². The number of hydrogen-bond donors (Lipinski definition) is 1. The second-order valence-electron chi connectivity index (χ2n) is 5.59. The van der Waals surface area contributed by atoms with Gasteiger partial charge in [0.15, 0.2) is 0 Å². The zero-order valence-corrected chi connectivity index (χ0v) is 13.9. The molecule has 1 aliphatic heterocycles. The van der Waals surface area contributed by atoms with Crippen LogP contribution in [-0.4, -0.2) is 36.5 Å². The number of nitrogens with zero attached hydrogens (tertiary/aromatic N) is 1. The average Bonchev–Trinajstić information content (AvgIpc) is 2.48. The number of halogens is 2. The Labute approximate surface area is 136 Å². The molecular weight excluding hydrogens is 307 g/mol. The Balaban J connectivity index is 1.75. The van der Waals surface area contributed by atoms with Gasteiger partial charge in [0.1, 0.15) is 0 Å². The second kappa shape index (κ2) is 8.02. The Kier molecular flexibility index (Phi) is 6.34. The molecule has 0 aromatic heterocycles. The van der Waals surface area contributed by atoms with E-state index in [0.717, 1.165) is 13.0 Å². The SMILES string of the molecule is CC1CCCCN1CCCNC(=O)c1cccc(Cl)c1Cl. The summed E-state index contributed by atoms with van der Waals surface area (Å²) in [6.07, 6.45) is 4.86. The molecule has 116 valence electrons. The van der Waals surface area contributed by atoms with E-state index in [1.165, 1.54) is 25.8 Å². The molecule has 2 rings (SSSR count). The smallest absolute Gasteiger partial charge is 0.252 e. The normalized spacial score (nSPS) is 19.5. The Morgan fingerprint density at radius 2 is 2.19 bits per heavy atom. The molecule has 0 spiro atoms. The van der Waals surface area contributed by atoms with E-state index in [0.29, 0.717) is 28.2 Å². The fourth-order valence-corrected chi connectivity index (χ4v) is 3.13. The molecule has 1 fully saturated rings. The number of benzene rings is 1. The van der Waals surface area contributed by atoms with E-state index in [9.17, 15) is 4.79 Å². The average molecular weight is 329 g/mol. The summed E-state index contributed by atoms with van der Waals surface area (Å²) in [6.45, 7) is 5.15. The van der Waals surface area contributed by atoms with Crippen molar-refractivity contribution in [1.82, 2.24) is 10.2 Å². The molecular formula is C16H22Cl2N2O. The summed E-state index contributed by atoms with van der Waals surface area (Å²) in [5.74, 6) is -0.158. The van der Waals surface area contributed by atoms with Gasteiger partial charge in [-0.3, -0.25) is 4.79 Å². The van der Waals surface area contributed by atoms with E-state index in [-0.39, 0.29) is 5.91 Å². The van der Waals surface area contributed by atoms with E-state index in [1.54, 1.807) is 18.2 Å². The summed E-state index contributed by atoms with van der Waals surface area (Å²) in [5, 5.41) is 3.64. The summed E-state index contributed by atoms with van der Waals surface area (Å²) in [4.78, 5) is 14.6. The van der Waals surface area contributed by atoms with Crippen LogP contribution < -0.4 is 5.32 Å². The van der Waals surface area contributed by atoms with Crippen molar-refractivity contribution in [3.05, 3.63) is 33.8 Å². The maximum absolute atomic E-state index is 12.1. The highest BCUT2D eigenvalue weighted by Crippen LogP contribution is 2.25. The molecule has 1 aliphatic rings. The molecule has 1 aromatic rings. The minimum absolute atomic E-state index is 0.158. The number of amides is 1. The largest absolute Gasteiger partial charge is 0.352 e. The third-order valence-electron chi connectivity index (χ3n) is 4.04. The minimum atomic E-state index is -0.158. The van der Waals surface area contributed by atoms with Crippen LogP contribution in [0.4, 0.5) is 0 Å². The fraction of sp³-hybridized carbons (Fsp3) is 0.562. The lowest BCUT2D eigenvalue weighted by atomic mass is 10.0. The molecule has 3 nitrogen and oxygen atoms in total. The highest BCUT2D eigenvalue weighted by molar-refractivity contribution is 6.43. The zero-order chi connectivity index (χ0) is 15.2. The van der Waals surface area contributed by atoms with Crippen LogP contribution in [0.1, 0.15) is 43.0 Å². The van der Waals surface area contributed by atoms with Crippen molar-refractivity contribution in [2.24, 2.45) is 0 Å². The van der Waals surface area contributed by atoms with Crippen molar-refractivity contribution >= 4 is 29.1 Å². The van der Waals surface area contributed by atoms with Crippen molar-refractivity contribution in [3.8, 4) is 0 Å². The highest BCUT2D eigenvalue weighted by atomic mass is 35.5. The minimum Gasteiger partial charge on any atom is -0.352 e. The first-order chi connectivity index (χ1) is 10.1. The van der Waals surface area contributed by atoms with E-state index in [1.807, 2.05) is 0 Å². The lowest BCUT2D eigenvalue weighted by Gasteiger charge is -2.33. The number of carbonyl (C=O) groups is 1. The van der Waals surface area contributed by atoms with Crippen LogP contribution in [-0.2, 0) is 0 Å². The highest BCUT2D eigenvalue weighted by Gasteiger charge is 2.17. The molecule has 1 saturated heterocycles. The predicted molar refractivity (Wildman–Crippen MR) is 88.3 cm³/mol. The topological polar surface area (TPSA) is 32.3 Å². The molecule has 1 atom stereocenters. The lowest BCUT2D eigenvalue weighted by molar-refractivity contribution is 0.0949. The van der Waals surface area contributed by atoms with Gasteiger partial charge in [-0.15, -0.1) is 0 Å². The second-order valence-corrected chi connectivity index (χ2v) is 6.38. The number of piperidine rings is 1. The molecule has 0 aliphatic carbocycles. The summed E-state index contributed by atoms with van der Waals surface area (Å²) in [6, 6.07) is 5.77. The van der Waals surface area contributed by atoms with Crippen molar-refractivity contribution in [1.29, 1.82) is 0 Å². The van der Waals surface area contributed by atoms with E-state index < -0.39 is 0 Å². The maximum Gasteiger partial charge on any atom is 0.252 e. The molecule has 1 heterocycles. The number of likely N-dealkylation sites (tertiary alicyclic amines) is 1. The van der Waals surface area contributed by atoms with Gasteiger partial charge in [0.05, 0.1) is 15.6 Å². The van der Waals surface area contributed by atoms with Crippen molar-refractivity contribution in [3.63, 3.8) is 0 Å². The third kappa shape index (κ3) is 4.60. The van der Waals surface area contributed by atoms with Crippen LogP contribution in [0.3, 0.4) is 0 Å². The zero-order valence-electron chi connectivity index (χ0n) is 12.4. The van der Waals surface area contributed by atoms with Crippen molar-refractivity contribution < 1.29 is 4.79 Å². The van der Waals surface area contributed by atoms with Gasteiger partial charge < -0.3 is 10.2 Å². The third-order valence-corrected chi connectivity index (χ3v) is 4.86. The molecule has 21 heavy (non-hydrogen) atoms. The Hall–Kier alpha value is -0.770. The van der Waals surface area contributed by atoms with Crippen LogP contribution in [0.15, 0.2) is 18.2 Å². The standard InChI is InChI=1S/C16H22Cl2N2O/c1-12-6-2-3-10-20(12)11-5-9-19-16(21)13-7-4-8-14(17)15(13)18/h4,7-8,12H,2-3,5-6,9-11H2,1H3,(H,19,21). The molecule has 1 amide bonds. The van der Waals surface area contributed by atoms with Gasteiger partial charge in [0.2, 0.25) is 0 Å². The number of rotatable bonds is 5. The molecule has 1 aromatic carbocycles. The summed E-state index contributed by atoms with van der Waals surface area (Å²) in [7, 11) is 0. The first-order valence-corrected chi connectivity index (χ1v) is 8.31. The Morgan fingerprint density at radius 3 is 2.95 bits per heavy atom. The van der Waals surface area contributed by atoms with Crippen molar-refractivity contribution in [2.75, 3.05) is 19.6 Å². The number of hydrogen-bond acceptors (Lipinski definition) is 2. The molecule has 1 N–H and O–H groups in total. The van der Waals surface area contributed by atoms with Gasteiger partial charge in [-0.1, -0.05) is 35.7 Å². The first kappa shape index (κ1) is 16.6. The number of nitrogens with one attached hydrogen (secondary N) is 1. The fourth-order valence-electron chi connectivity index (χ4n) is 2.75. The van der Waals surface area contributed by atoms with Crippen LogP contribution in [0.5, 0.6) is 0 Å². The van der Waals surface area contributed by atoms with E-state index in [2.05, 4.69) is 17.1 Å². The summed E-state index contributed by atoms with van der Waals surface area (Å²) >= 11 is 12.0. The van der Waals surface area contributed by atoms with Gasteiger partial charge in [0, 0.05) is 19.1 Å². The van der Waals surface area contributed by atoms with Gasteiger partial charge >= 0.3 is 0 Å². The first-order valence-electron chi connectivity index (χ1n) is 7.56. The summed E-state index contributed by atoms with van der Waals surface area (Å²) in [5.41, 5.74) is 0.440. The predicted octanol–water partition coefficient (Wildman–Crippen LogP) is 3.99. The molecule has 0 saturated carbocycles. The van der Waals surface area contributed by atoms with Crippen LogP contribution in [0.2, 0.25) is 10.0 Å². The molecule has 5 heteroatoms. The molecule has 1 unspecified atom stereocenters. The van der Waals surface area contributed by atoms with Crippen molar-refractivity contribution in [2.45, 2.75) is 38.6 Å². The molecule has 0 bridgehead atoms. The van der Waals surface area contributed by atoms with Gasteiger partial charge in [-0.25, -0.2) is 0 Å². The van der Waals surface area contributed by atoms with E-state index >= 15 is 0 Å². The monoisotopic (exact) mass is 328 g/mol. The number of carbonyl (C=O) groups excluding carboxylic acids is 1. The van der Waals surface area contributed by atoms with E-state index in [4.69, 9.17) is 23.2 Å². The Bertz CT molecular complexity index is 493. The summed E-state index contributed by atoms with van der Waals surface area (Å²) < 4.78 is 0. The van der Waals surface area contributed by atoms with Gasteiger partial charge in [-0.05, 0) is 44.9 Å². The lowest BCUT2D eigenvalue weighted by Crippen LogP contribution is -2.39. The quantitative estimate of drug-likeness (QED) is 0.829. The van der Waals surface area contributed by atoms with Gasteiger partial charge in [0.25, 0.3) is 5.91 Å². The Morgan fingerprint density at radius 1 is 1.38 bits per heavy atom. The molecule has 0 radical (unpaired) electrons. The van der Waals surface area contributed by atoms with Crippen LogP contribution in [0, 0.1) is 0 Å². The van der Waals surface area contributed by atoms with Crippen LogP contribution in [0.25, 0.3) is 0 Å². The van der Waals surface area contributed by atoms with Crippen LogP contribution >= 0.6 is 23.2 Å². The maximum atomic E-state index is 12.1.